The standard InChI is InChI=1S/C21H28N2O3.C2H2O4/c1-16-6-4-5-7-18(16)15-23-10-8-22(9-11-23)14-17-12-19(25-2)21(24)20(13-17)26-3;3-1(4)2(5)6/h4-7,12-13,24H,8-11,14-15H2,1-3H3;(H,3,4)(H,5,6). The minimum Gasteiger partial charge on any atom is -0.502 e. The van der Waals surface area contributed by atoms with Crippen molar-refractivity contribution >= 4 is 11.9 Å². The van der Waals surface area contributed by atoms with Crippen molar-refractivity contribution in [3.05, 3.63) is 53.1 Å². The van der Waals surface area contributed by atoms with Crippen LogP contribution >= 0.6 is 0 Å². The number of carbonyl (C=O) groups is 2. The molecule has 2 aromatic rings. The minimum atomic E-state index is -1.82. The molecule has 2 aromatic carbocycles. The zero-order chi connectivity index (χ0) is 23.7. The van der Waals surface area contributed by atoms with Crippen molar-refractivity contribution in [1.82, 2.24) is 9.80 Å². The summed E-state index contributed by atoms with van der Waals surface area (Å²) < 4.78 is 10.5. The number of aryl methyl sites for hydroxylation is 1. The maximum atomic E-state index is 10.0. The lowest BCUT2D eigenvalue weighted by atomic mass is 10.1. The van der Waals surface area contributed by atoms with Crippen LogP contribution in [0.25, 0.3) is 0 Å². The number of ether oxygens (including phenoxy) is 2. The highest BCUT2D eigenvalue weighted by atomic mass is 16.5. The third kappa shape index (κ3) is 7.14. The Kier molecular flexibility index (Phi) is 9.30. The number of phenolic OH excluding ortho intramolecular Hbond substituents is 1. The van der Waals surface area contributed by atoms with Gasteiger partial charge in [0.15, 0.2) is 11.5 Å². The average Bonchev–Trinajstić information content (AvgIpc) is 2.78. The molecule has 174 valence electrons. The van der Waals surface area contributed by atoms with Gasteiger partial charge in [0.1, 0.15) is 0 Å². The second kappa shape index (κ2) is 11.9. The second-order valence-electron chi connectivity index (χ2n) is 7.44. The van der Waals surface area contributed by atoms with E-state index in [-0.39, 0.29) is 5.75 Å². The van der Waals surface area contributed by atoms with Crippen LogP contribution in [0.3, 0.4) is 0 Å². The van der Waals surface area contributed by atoms with E-state index in [0.29, 0.717) is 11.5 Å². The number of nitrogens with zero attached hydrogens (tertiary/aromatic N) is 2. The van der Waals surface area contributed by atoms with Crippen LogP contribution in [0.2, 0.25) is 0 Å². The van der Waals surface area contributed by atoms with Crippen molar-refractivity contribution in [3.8, 4) is 17.2 Å². The summed E-state index contributed by atoms with van der Waals surface area (Å²) in [6.45, 7) is 8.18. The molecule has 0 radical (unpaired) electrons. The molecule has 1 aliphatic heterocycles. The number of aromatic hydroxyl groups is 1. The summed E-state index contributed by atoms with van der Waals surface area (Å²) in [5.74, 6) is -2.68. The van der Waals surface area contributed by atoms with Crippen molar-refractivity contribution in [2.45, 2.75) is 20.0 Å². The number of methoxy groups -OCH3 is 2. The molecule has 1 saturated heterocycles. The quantitative estimate of drug-likeness (QED) is 0.574. The number of hydrogen-bond donors (Lipinski definition) is 3. The zero-order valence-corrected chi connectivity index (χ0v) is 18.6. The monoisotopic (exact) mass is 446 g/mol. The lowest BCUT2D eigenvalue weighted by Crippen LogP contribution is -2.45. The van der Waals surface area contributed by atoms with E-state index in [1.165, 1.54) is 11.1 Å². The van der Waals surface area contributed by atoms with Gasteiger partial charge in [-0.15, -0.1) is 0 Å². The molecule has 3 rings (SSSR count). The summed E-state index contributed by atoms with van der Waals surface area (Å²) in [5, 5.41) is 24.8. The predicted molar refractivity (Wildman–Crippen MR) is 118 cm³/mol. The number of hydrogen-bond acceptors (Lipinski definition) is 7. The molecule has 1 fully saturated rings. The zero-order valence-electron chi connectivity index (χ0n) is 18.6. The number of aliphatic carboxylic acids is 2. The maximum absolute atomic E-state index is 10.0. The first-order chi connectivity index (χ1) is 15.2. The highest BCUT2D eigenvalue weighted by molar-refractivity contribution is 6.27. The van der Waals surface area contributed by atoms with E-state index < -0.39 is 11.9 Å². The smallest absolute Gasteiger partial charge is 0.414 e. The number of carboxylic acids is 2. The van der Waals surface area contributed by atoms with Gasteiger partial charge in [-0.2, -0.15) is 0 Å². The van der Waals surface area contributed by atoms with Crippen molar-refractivity contribution in [3.63, 3.8) is 0 Å². The summed E-state index contributed by atoms with van der Waals surface area (Å²) in [6, 6.07) is 12.4. The topological polar surface area (TPSA) is 120 Å². The fourth-order valence-electron chi connectivity index (χ4n) is 3.43. The molecule has 9 heteroatoms. The van der Waals surface area contributed by atoms with Gasteiger partial charge in [-0.25, -0.2) is 9.59 Å². The lowest BCUT2D eigenvalue weighted by molar-refractivity contribution is -0.159. The van der Waals surface area contributed by atoms with Crippen LogP contribution in [0.5, 0.6) is 17.2 Å². The number of benzene rings is 2. The van der Waals surface area contributed by atoms with Crippen molar-refractivity contribution in [1.29, 1.82) is 0 Å². The third-order valence-corrected chi connectivity index (χ3v) is 5.25. The Hall–Kier alpha value is -3.30. The molecule has 0 aromatic heterocycles. The van der Waals surface area contributed by atoms with Gasteiger partial charge in [-0.3, -0.25) is 9.80 Å². The molecule has 0 spiro atoms. The first-order valence-electron chi connectivity index (χ1n) is 10.1. The van der Waals surface area contributed by atoms with Crippen LogP contribution in [0, 0.1) is 6.92 Å². The highest BCUT2D eigenvalue weighted by Gasteiger charge is 2.19. The molecular weight excluding hydrogens is 416 g/mol. The molecule has 0 atom stereocenters. The van der Waals surface area contributed by atoms with Crippen LogP contribution < -0.4 is 9.47 Å². The fraction of sp³-hybridized carbons (Fsp3) is 0.391. The number of piperazine rings is 1. The van der Waals surface area contributed by atoms with Gasteiger partial charge in [0, 0.05) is 39.3 Å². The number of phenols is 1. The van der Waals surface area contributed by atoms with Crippen LogP contribution in [0.1, 0.15) is 16.7 Å². The van der Waals surface area contributed by atoms with Crippen LogP contribution in [0.4, 0.5) is 0 Å². The van der Waals surface area contributed by atoms with Crippen molar-refractivity contribution in [2.75, 3.05) is 40.4 Å². The molecular formula is C23H30N2O7. The van der Waals surface area contributed by atoms with E-state index in [2.05, 4.69) is 41.0 Å². The van der Waals surface area contributed by atoms with E-state index in [1.807, 2.05) is 12.1 Å². The summed E-state index contributed by atoms with van der Waals surface area (Å²) in [5.41, 5.74) is 3.86. The van der Waals surface area contributed by atoms with E-state index in [0.717, 1.165) is 44.8 Å². The fourth-order valence-corrected chi connectivity index (χ4v) is 3.43. The lowest BCUT2D eigenvalue weighted by Gasteiger charge is -2.35. The SMILES string of the molecule is COc1cc(CN2CCN(Cc3ccccc3C)CC2)cc(OC)c1O.O=C(O)C(=O)O. The normalized spacial score (nSPS) is 14.2. The van der Waals surface area contributed by atoms with E-state index in [9.17, 15) is 5.11 Å². The maximum Gasteiger partial charge on any atom is 0.414 e. The molecule has 0 saturated carbocycles. The molecule has 1 aliphatic rings. The predicted octanol–water partition coefficient (Wildman–Crippen LogP) is 2.19. The number of carboxylic acid groups (broad SMARTS) is 2. The van der Waals surface area contributed by atoms with Crippen molar-refractivity contribution < 1.29 is 34.4 Å². The largest absolute Gasteiger partial charge is 0.502 e. The van der Waals surface area contributed by atoms with Gasteiger partial charge < -0.3 is 24.8 Å². The highest BCUT2D eigenvalue weighted by Crippen LogP contribution is 2.37. The van der Waals surface area contributed by atoms with Crippen LogP contribution in [-0.4, -0.2) is 77.5 Å². The molecule has 3 N–H and O–H groups in total. The Labute approximate surface area is 187 Å². The van der Waals surface area contributed by atoms with Gasteiger partial charge in [0.05, 0.1) is 14.2 Å². The van der Waals surface area contributed by atoms with Gasteiger partial charge >= 0.3 is 11.9 Å². The van der Waals surface area contributed by atoms with Crippen LogP contribution in [-0.2, 0) is 22.7 Å². The molecule has 32 heavy (non-hydrogen) atoms. The molecule has 0 amide bonds. The Bertz CT molecular complexity index is 887. The van der Waals surface area contributed by atoms with E-state index in [1.54, 1.807) is 14.2 Å². The van der Waals surface area contributed by atoms with Gasteiger partial charge in [-0.05, 0) is 35.7 Å². The molecule has 0 unspecified atom stereocenters. The summed E-state index contributed by atoms with van der Waals surface area (Å²) in [6.07, 6.45) is 0. The summed E-state index contributed by atoms with van der Waals surface area (Å²) in [7, 11) is 3.12. The van der Waals surface area contributed by atoms with E-state index in [4.69, 9.17) is 29.3 Å². The van der Waals surface area contributed by atoms with Crippen LogP contribution in [0.15, 0.2) is 36.4 Å². The summed E-state index contributed by atoms with van der Waals surface area (Å²) >= 11 is 0. The third-order valence-electron chi connectivity index (χ3n) is 5.25. The number of rotatable bonds is 6. The molecule has 0 aliphatic carbocycles. The minimum absolute atomic E-state index is 0.0572. The second-order valence-corrected chi connectivity index (χ2v) is 7.44. The first kappa shape index (κ1) is 25.0. The Balaban J connectivity index is 0.000000534. The first-order valence-corrected chi connectivity index (χ1v) is 10.1. The Morgan fingerprint density at radius 1 is 0.875 bits per heavy atom. The molecule has 1 heterocycles. The van der Waals surface area contributed by atoms with Gasteiger partial charge in [-0.1, -0.05) is 24.3 Å². The van der Waals surface area contributed by atoms with E-state index >= 15 is 0 Å². The average molecular weight is 447 g/mol. The Morgan fingerprint density at radius 3 is 1.78 bits per heavy atom. The molecule has 9 nitrogen and oxygen atoms in total. The van der Waals surface area contributed by atoms with Gasteiger partial charge in [0.2, 0.25) is 5.75 Å². The molecule has 0 bridgehead atoms. The van der Waals surface area contributed by atoms with Crippen molar-refractivity contribution in [2.24, 2.45) is 0 Å². The van der Waals surface area contributed by atoms with Gasteiger partial charge in [0.25, 0.3) is 0 Å². The Morgan fingerprint density at radius 2 is 1.34 bits per heavy atom. The summed E-state index contributed by atoms with van der Waals surface area (Å²) in [4.78, 5) is 23.1.